The number of nitrogens with one attached hydrogen (secondary N) is 3. The van der Waals surface area contributed by atoms with E-state index >= 15 is 0 Å². The molecule has 1 saturated heterocycles. The second-order valence-electron chi connectivity index (χ2n) is 5.66. The summed E-state index contributed by atoms with van der Waals surface area (Å²) >= 11 is 0. The van der Waals surface area contributed by atoms with E-state index in [0.29, 0.717) is 6.04 Å². The normalized spacial score (nSPS) is 21.0. The smallest absolute Gasteiger partial charge is 0.118 e. The van der Waals surface area contributed by atoms with Crippen molar-refractivity contribution in [3.05, 3.63) is 0 Å². The van der Waals surface area contributed by atoms with E-state index in [4.69, 9.17) is 0 Å². The van der Waals surface area contributed by atoms with Gasteiger partial charge in [-0.3, -0.25) is 25.8 Å². The highest BCUT2D eigenvalue weighted by atomic mass is 15.5. The van der Waals surface area contributed by atoms with Gasteiger partial charge in [-0.2, -0.15) is 0 Å². The average molecular weight is 258 g/mol. The summed E-state index contributed by atoms with van der Waals surface area (Å²) < 4.78 is 0. The fourth-order valence-corrected chi connectivity index (χ4v) is 3.07. The summed E-state index contributed by atoms with van der Waals surface area (Å²) in [6.07, 6.45) is 0.209. The third-order valence-corrected chi connectivity index (χ3v) is 4.11. The van der Waals surface area contributed by atoms with Crippen LogP contribution >= 0.6 is 0 Å². The fraction of sp³-hybridized carbons (Fsp3) is 1.00. The molecule has 3 N–H and O–H groups in total. The van der Waals surface area contributed by atoms with Gasteiger partial charge in [-0.1, -0.05) is 0 Å². The van der Waals surface area contributed by atoms with Gasteiger partial charge in [0, 0.05) is 19.4 Å². The molecule has 6 nitrogen and oxygen atoms in total. The lowest BCUT2D eigenvalue weighted by molar-refractivity contribution is -0.0944. The molecule has 0 amide bonds. The zero-order chi connectivity index (χ0) is 13.9. The van der Waals surface area contributed by atoms with Crippen molar-refractivity contribution < 1.29 is 0 Å². The zero-order valence-electron chi connectivity index (χ0n) is 12.9. The van der Waals surface area contributed by atoms with Crippen LogP contribution in [0, 0.1) is 0 Å². The Kier molecular flexibility index (Phi) is 5.51. The van der Waals surface area contributed by atoms with Crippen molar-refractivity contribution in [1.29, 1.82) is 0 Å². The van der Waals surface area contributed by atoms with Crippen LogP contribution in [-0.2, 0) is 0 Å². The Morgan fingerprint density at radius 1 is 0.944 bits per heavy atom. The Balaban J connectivity index is 3.11. The van der Waals surface area contributed by atoms with E-state index in [9.17, 15) is 0 Å². The standard InChI is InChI=1S/C12H30N6/c1-10(16(2)3)12(17(4)5,18(6)7)11-14-8-13-9-15-11/h10-11,13-15H,8-9H2,1-7H3. The van der Waals surface area contributed by atoms with Gasteiger partial charge >= 0.3 is 0 Å². The molecule has 0 bridgehead atoms. The Morgan fingerprint density at radius 2 is 1.39 bits per heavy atom. The first kappa shape index (κ1) is 15.8. The molecule has 1 unspecified atom stereocenters. The lowest BCUT2D eigenvalue weighted by Gasteiger charge is -2.56. The van der Waals surface area contributed by atoms with Gasteiger partial charge in [0.05, 0.1) is 6.17 Å². The molecule has 0 aliphatic carbocycles. The second-order valence-corrected chi connectivity index (χ2v) is 5.66. The molecule has 1 rings (SSSR count). The van der Waals surface area contributed by atoms with Crippen molar-refractivity contribution in [3.8, 4) is 0 Å². The van der Waals surface area contributed by atoms with E-state index in [2.05, 4.69) is 79.9 Å². The largest absolute Gasteiger partial charge is 0.303 e. The maximum Gasteiger partial charge on any atom is 0.118 e. The van der Waals surface area contributed by atoms with Gasteiger partial charge in [-0.15, -0.1) is 0 Å². The van der Waals surface area contributed by atoms with E-state index in [1.165, 1.54) is 0 Å². The van der Waals surface area contributed by atoms with Crippen molar-refractivity contribution in [2.24, 2.45) is 0 Å². The second kappa shape index (κ2) is 6.27. The molecule has 0 aromatic rings. The van der Waals surface area contributed by atoms with Gasteiger partial charge in [-0.25, -0.2) is 0 Å². The lowest BCUT2D eigenvalue weighted by atomic mass is 9.93. The molecule has 1 fully saturated rings. The maximum atomic E-state index is 3.53. The molecule has 18 heavy (non-hydrogen) atoms. The zero-order valence-corrected chi connectivity index (χ0v) is 12.9. The first-order chi connectivity index (χ1) is 8.35. The Hall–Kier alpha value is -0.240. The van der Waals surface area contributed by atoms with E-state index in [-0.39, 0.29) is 11.8 Å². The van der Waals surface area contributed by atoms with Crippen LogP contribution in [0.2, 0.25) is 0 Å². The van der Waals surface area contributed by atoms with Crippen LogP contribution in [0.3, 0.4) is 0 Å². The first-order valence-corrected chi connectivity index (χ1v) is 6.53. The van der Waals surface area contributed by atoms with Gasteiger partial charge < -0.3 is 4.90 Å². The summed E-state index contributed by atoms with van der Waals surface area (Å²) in [4.78, 5) is 6.87. The van der Waals surface area contributed by atoms with Crippen LogP contribution in [0.5, 0.6) is 0 Å². The molecule has 0 aromatic heterocycles. The summed E-state index contributed by atoms with van der Waals surface area (Å²) in [6.45, 7) is 3.94. The van der Waals surface area contributed by atoms with E-state index < -0.39 is 0 Å². The SMILES string of the molecule is CC(N(C)C)C(C1NCNCN1)(N(C)C)N(C)C. The summed E-state index contributed by atoms with van der Waals surface area (Å²) in [5.41, 5.74) is -0.119. The monoisotopic (exact) mass is 258 g/mol. The topological polar surface area (TPSA) is 45.8 Å². The van der Waals surface area contributed by atoms with Crippen molar-refractivity contribution in [3.63, 3.8) is 0 Å². The predicted octanol–water partition coefficient (Wildman–Crippen LogP) is -1.22. The molecular formula is C12H30N6. The van der Waals surface area contributed by atoms with Gasteiger partial charge in [0.2, 0.25) is 0 Å². The average Bonchev–Trinajstić information content (AvgIpc) is 2.30. The number of nitrogens with zero attached hydrogens (tertiary/aromatic N) is 3. The number of likely N-dealkylation sites (N-methyl/N-ethyl adjacent to an activating group) is 3. The van der Waals surface area contributed by atoms with Crippen molar-refractivity contribution in [2.45, 2.75) is 24.8 Å². The highest BCUT2D eigenvalue weighted by molar-refractivity contribution is 5.03. The third-order valence-electron chi connectivity index (χ3n) is 4.11. The van der Waals surface area contributed by atoms with Gasteiger partial charge in [-0.05, 0) is 49.2 Å². The van der Waals surface area contributed by atoms with Crippen LogP contribution in [0.25, 0.3) is 0 Å². The van der Waals surface area contributed by atoms with Crippen LogP contribution in [0.4, 0.5) is 0 Å². The predicted molar refractivity (Wildman–Crippen MR) is 76.2 cm³/mol. The summed E-state index contributed by atoms with van der Waals surface area (Å²) in [7, 11) is 12.8. The molecule has 108 valence electrons. The van der Waals surface area contributed by atoms with Gasteiger partial charge in [0.15, 0.2) is 0 Å². The minimum Gasteiger partial charge on any atom is -0.303 e. The Labute approximate surface area is 112 Å². The number of hydrogen-bond donors (Lipinski definition) is 3. The molecular weight excluding hydrogens is 228 g/mol. The van der Waals surface area contributed by atoms with Gasteiger partial charge in [0.1, 0.15) is 5.66 Å². The van der Waals surface area contributed by atoms with Gasteiger partial charge in [0.25, 0.3) is 0 Å². The Morgan fingerprint density at radius 3 is 1.72 bits per heavy atom. The van der Waals surface area contributed by atoms with E-state index in [1.807, 2.05) is 0 Å². The molecule has 0 aromatic carbocycles. The molecule has 0 radical (unpaired) electrons. The highest BCUT2D eigenvalue weighted by Crippen LogP contribution is 2.26. The molecule has 1 aliphatic rings. The molecule has 6 heteroatoms. The lowest BCUT2D eigenvalue weighted by Crippen LogP contribution is -2.79. The number of rotatable bonds is 5. The van der Waals surface area contributed by atoms with Crippen LogP contribution < -0.4 is 16.0 Å². The molecule has 1 atom stereocenters. The van der Waals surface area contributed by atoms with Crippen LogP contribution in [0.1, 0.15) is 6.92 Å². The van der Waals surface area contributed by atoms with E-state index in [0.717, 1.165) is 13.3 Å². The first-order valence-electron chi connectivity index (χ1n) is 6.53. The summed E-state index contributed by atoms with van der Waals surface area (Å²) in [5.74, 6) is 0. The van der Waals surface area contributed by atoms with E-state index in [1.54, 1.807) is 0 Å². The fourth-order valence-electron chi connectivity index (χ4n) is 3.07. The minimum atomic E-state index is -0.119. The summed E-state index contributed by atoms with van der Waals surface area (Å²) in [5, 5.41) is 10.3. The number of hydrogen-bond acceptors (Lipinski definition) is 6. The van der Waals surface area contributed by atoms with Crippen molar-refractivity contribution >= 4 is 0 Å². The molecule has 0 spiro atoms. The quantitative estimate of drug-likeness (QED) is 0.537. The Bertz CT molecular complexity index is 239. The summed E-state index contributed by atoms with van der Waals surface area (Å²) in [6, 6.07) is 0.366. The molecule has 0 saturated carbocycles. The van der Waals surface area contributed by atoms with Crippen molar-refractivity contribution in [1.82, 2.24) is 30.7 Å². The maximum absolute atomic E-state index is 3.53. The van der Waals surface area contributed by atoms with Crippen LogP contribution in [0.15, 0.2) is 0 Å². The molecule has 1 aliphatic heterocycles. The minimum absolute atomic E-state index is 0.119. The highest BCUT2D eigenvalue weighted by Gasteiger charge is 2.48. The van der Waals surface area contributed by atoms with Crippen molar-refractivity contribution in [2.75, 3.05) is 55.6 Å². The third kappa shape index (κ3) is 2.68. The van der Waals surface area contributed by atoms with Crippen LogP contribution in [-0.4, -0.2) is 88.2 Å². The molecule has 1 heterocycles.